The number of fused-ring (bicyclic) bond motifs is 2. The predicted octanol–water partition coefficient (Wildman–Crippen LogP) is 3.03. The molecule has 0 fully saturated rings. The molecule has 0 saturated carbocycles. The fraction of sp³-hybridized carbons (Fsp3) is 0.235. The van der Waals surface area contributed by atoms with Gasteiger partial charge in [0, 0.05) is 24.5 Å². The van der Waals surface area contributed by atoms with Crippen molar-refractivity contribution in [3.63, 3.8) is 0 Å². The second-order valence-electron chi connectivity index (χ2n) is 5.50. The summed E-state index contributed by atoms with van der Waals surface area (Å²) in [5, 5.41) is 8.90. The zero-order chi connectivity index (χ0) is 14.4. The van der Waals surface area contributed by atoms with Crippen molar-refractivity contribution >= 4 is 10.9 Å². The van der Waals surface area contributed by atoms with E-state index in [2.05, 4.69) is 28.6 Å². The molecule has 2 heterocycles. The molecule has 1 aliphatic rings. The first kappa shape index (κ1) is 12.5. The van der Waals surface area contributed by atoms with Gasteiger partial charge in [-0.3, -0.25) is 4.68 Å². The molecular formula is C17H16FN3. The second kappa shape index (κ2) is 4.67. The zero-order valence-corrected chi connectivity index (χ0v) is 11.9. The van der Waals surface area contributed by atoms with Gasteiger partial charge in [0.05, 0.1) is 5.52 Å². The Balaban J connectivity index is 2.01. The molecule has 0 bridgehead atoms. The van der Waals surface area contributed by atoms with Crippen LogP contribution in [0.5, 0.6) is 0 Å². The van der Waals surface area contributed by atoms with E-state index in [-0.39, 0.29) is 5.82 Å². The Morgan fingerprint density at radius 1 is 1.24 bits per heavy atom. The van der Waals surface area contributed by atoms with E-state index in [4.69, 9.17) is 0 Å². The predicted molar refractivity (Wildman–Crippen MR) is 81.5 cm³/mol. The van der Waals surface area contributed by atoms with Gasteiger partial charge in [0.25, 0.3) is 0 Å². The molecule has 21 heavy (non-hydrogen) atoms. The second-order valence-corrected chi connectivity index (χ2v) is 5.50. The van der Waals surface area contributed by atoms with Crippen LogP contribution in [0.1, 0.15) is 11.1 Å². The first-order chi connectivity index (χ1) is 10.2. The number of nitrogens with zero attached hydrogens (tertiary/aromatic N) is 2. The van der Waals surface area contributed by atoms with Crippen molar-refractivity contribution in [3.8, 4) is 11.3 Å². The minimum absolute atomic E-state index is 0.219. The summed E-state index contributed by atoms with van der Waals surface area (Å²) in [6.45, 7) is 1.87. The third-order valence-corrected chi connectivity index (χ3v) is 4.21. The van der Waals surface area contributed by atoms with Gasteiger partial charge in [0.15, 0.2) is 0 Å². The van der Waals surface area contributed by atoms with Crippen LogP contribution in [0.2, 0.25) is 0 Å². The average molecular weight is 281 g/mol. The first-order valence-electron chi connectivity index (χ1n) is 7.18. The van der Waals surface area contributed by atoms with Gasteiger partial charge in [0.1, 0.15) is 11.5 Å². The van der Waals surface area contributed by atoms with Crippen molar-refractivity contribution in [2.24, 2.45) is 7.05 Å². The van der Waals surface area contributed by atoms with Gasteiger partial charge in [-0.25, -0.2) is 4.39 Å². The largest absolute Gasteiger partial charge is 0.312 e. The minimum atomic E-state index is -0.219. The van der Waals surface area contributed by atoms with Crippen LogP contribution in [0.4, 0.5) is 4.39 Å². The van der Waals surface area contributed by atoms with Gasteiger partial charge in [-0.05, 0) is 42.3 Å². The van der Waals surface area contributed by atoms with Crippen LogP contribution in [0, 0.1) is 5.82 Å². The number of hydrogen-bond acceptors (Lipinski definition) is 2. The first-order valence-corrected chi connectivity index (χ1v) is 7.18. The van der Waals surface area contributed by atoms with Gasteiger partial charge in [-0.1, -0.05) is 18.2 Å². The van der Waals surface area contributed by atoms with E-state index < -0.39 is 0 Å². The lowest BCUT2D eigenvalue weighted by atomic mass is 9.93. The summed E-state index contributed by atoms with van der Waals surface area (Å²) < 4.78 is 15.5. The van der Waals surface area contributed by atoms with Crippen LogP contribution < -0.4 is 5.32 Å². The van der Waals surface area contributed by atoms with Crippen LogP contribution in [-0.2, 0) is 20.0 Å². The Morgan fingerprint density at radius 3 is 3.05 bits per heavy atom. The lowest BCUT2D eigenvalue weighted by Crippen LogP contribution is -2.24. The molecule has 4 heteroatoms. The molecule has 4 rings (SSSR count). The normalized spacial score (nSPS) is 14.4. The van der Waals surface area contributed by atoms with Crippen LogP contribution in [0.3, 0.4) is 0 Å². The summed E-state index contributed by atoms with van der Waals surface area (Å²) in [5.41, 5.74) is 5.61. The highest BCUT2D eigenvalue weighted by Gasteiger charge is 2.18. The quantitative estimate of drug-likeness (QED) is 0.743. The number of hydrogen-bond donors (Lipinski definition) is 1. The summed E-state index contributed by atoms with van der Waals surface area (Å²) in [7, 11) is 1.90. The monoisotopic (exact) mass is 281 g/mol. The standard InChI is InChI=1S/C17H16FN3/c1-21-16-6-5-12(18)9-15(16)17(20-21)14-4-2-3-11-10-19-8-7-13(11)14/h2-6,9,19H,7-8,10H2,1H3. The molecule has 0 aliphatic carbocycles. The van der Waals surface area contributed by atoms with E-state index >= 15 is 0 Å². The maximum atomic E-state index is 13.6. The van der Waals surface area contributed by atoms with E-state index in [1.165, 1.54) is 17.2 Å². The van der Waals surface area contributed by atoms with Crippen molar-refractivity contribution in [1.29, 1.82) is 0 Å². The van der Waals surface area contributed by atoms with Crippen LogP contribution in [0.15, 0.2) is 36.4 Å². The van der Waals surface area contributed by atoms with Crippen molar-refractivity contribution in [2.45, 2.75) is 13.0 Å². The molecule has 1 N–H and O–H groups in total. The van der Waals surface area contributed by atoms with Gasteiger partial charge >= 0.3 is 0 Å². The smallest absolute Gasteiger partial charge is 0.124 e. The lowest BCUT2D eigenvalue weighted by Gasteiger charge is -2.19. The zero-order valence-electron chi connectivity index (χ0n) is 11.9. The van der Waals surface area contributed by atoms with Crippen LogP contribution in [-0.4, -0.2) is 16.3 Å². The van der Waals surface area contributed by atoms with E-state index in [0.717, 1.165) is 41.7 Å². The maximum absolute atomic E-state index is 13.6. The molecule has 1 aliphatic heterocycles. The highest BCUT2D eigenvalue weighted by Crippen LogP contribution is 2.33. The summed E-state index contributed by atoms with van der Waals surface area (Å²) in [6.07, 6.45) is 0.985. The van der Waals surface area contributed by atoms with E-state index in [9.17, 15) is 4.39 Å². The maximum Gasteiger partial charge on any atom is 0.124 e. The van der Waals surface area contributed by atoms with Crippen LogP contribution in [0.25, 0.3) is 22.2 Å². The minimum Gasteiger partial charge on any atom is -0.312 e. The molecule has 0 radical (unpaired) electrons. The Kier molecular flexibility index (Phi) is 2.79. The molecule has 0 saturated heterocycles. The summed E-state index contributed by atoms with van der Waals surface area (Å²) in [4.78, 5) is 0. The Morgan fingerprint density at radius 2 is 2.14 bits per heavy atom. The molecule has 1 aromatic heterocycles. The Hall–Kier alpha value is -2.20. The topological polar surface area (TPSA) is 29.9 Å². The highest BCUT2D eigenvalue weighted by molar-refractivity contribution is 5.94. The average Bonchev–Trinajstić information content (AvgIpc) is 2.83. The van der Waals surface area contributed by atoms with E-state index in [0.29, 0.717) is 0 Å². The molecule has 3 aromatic rings. The highest BCUT2D eigenvalue weighted by atomic mass is 19.1. The van der Waals surface area contributed by atoms with Gasteiger partial charge < -0.3 is 5.32 Å². The summed E-state index contributed by atoms with van der Waals surface area (Å²) >= 11 is 0. The molecule has 2 aromatic carbocycles. The fourth-order valence-corrected chi connectivity index (χ4v) is 3.19. The van der Waals surface area contributed by atoms with Crippen molar-refractivity contribution < 1.29 is 4.39 Å². The molecule has 0 unspecified atom stereocenters. The lowest BCUT2D eigenvalue weighted by molar-refractivity contribution is 0.629. The number of benzene rings is 2. The van der Waals surface area contributed by atoms with E-state index in [1.807, 2.05) is 11.7 Å². The Labute approximate surface area is 122 Å². The van der Waals surface area contributed by atoms with Crippen molar-refractivity contribution in [2.75, 3.05) is 6.54 Å². The molecule has 0 amide bonds. The number of aryl methyl sites for hydroxylation is 1. The van der Waals surface area contributed by atoms with E-state index in [1.54, 1.807) is 12.1 Å². The Bertz CT molecular complexity index is 835. The molecular weight excluding hydrogens is 265 g/mol. The SMILES string of the molecule is Cn1nc(-c2cccc3c2CCNC3)c2cc(F)ccc21. The summed E-state index contributed by atoms with van der Waals surface area (Å²) in [5.74, 6) is -0.219. The molecule has 0 spiro atoms. The van der Waals surface area contributed by atoms with Gasteiger partial charge in [0.2, 0.25) is 0 Å². The van der Waals surface area contributed by atoms with Gasteiger partial charge in [-0.15, -0.1) is 0 Å². The fourth-order valence-electron chi connectivity index (χ4n) is 3.19. The van der Waals surface area contributed by atoms with Crippen molar-refractivity contribution in [1.82, 2.24) is 15.1 Å². The number of halogens is 1. The molecule has 0 atom stereocenters. The third-order valence-electron chi connectivity index (χ3n) is 4.21. The third kappa shape index (κ3) is 1.94. The molecule has 106 valence electrons. The molecule has 3 nitrogen and oxygen atoms in total. The number of rotatable bonds is 1. The summed E-state index contributed by atoms with van der Waals surface area (Å²) in [6, 6.07) is 11.2. The number of aromatic nitrogens is 2. The van der Waals surface area contributed by atoms with Gasteiger partial charge in [-0.2, -0.15) is 5.10 Å². The van der Waals surface area contributed by atoms with Crippen molar-refractivity contribution in [3.05, 3.63) is 53.3 Å². The number of nitrogens with one attached hydrogen (secondary N) is 1. The van der Waals surface area contributed by atoms with Crippen LogP contribution >= 0.6 is 0 Å².